The van der Waals surface area contributed by atoms with Crippen LogP contribution in [0, 0.1) is 0 Å². The Hall–Kier alpha value is 0.151. The van der Waals surface area contributed by atoms with Gasteiger partial charge in [-0.3, -0.25) is 0 Å². The molecule has 2 heteroatoms. The van der Waals surface area contributed by atoms with Gasteiger partial charge in [0, 0.05) is 0 Å². The Morgan fingerprint density at radius 3 is 2.11 bits per heavy atom. The molecule has 0 unspecified atom stereocenters. The molecule has 0 spiro atoms. The summed E-state index contributed by atoms with van der Waals surface area (Å²) in [5, 5.41) is 1.52. The average molecular weight is 168 g/mol. The molecule has 0 atom stereocenters. The Labute approximate surface area is 67.5 Å². The molecule has 0 aliphatic heterocycles. The monoisotopic (exact) mass is 168 g/mol. The van der Waals surface area contributed by atoms with Crippen molar-refractivity contribution >= 4 is 11.4 Å². The van der Waals surface area contributed by atoms with E-state index in [0.29, 0.717) is 0 Å². The molecule has 0 nitrogen and oxygen atoms in total. The number of hydrogen-bond acceptors (Lipinski definition) is 0. The molecule has 0 fully saturated rings. The number of rotatable bonds is 1. The Bertz CT molecular complexity index is 205. The second-order valence-corrected chi connectivity index (χ2v) is 7.33. The van der Waals surface area contributed by atoms with Crippen LogP contribution in [0.2, 0.25) is 6.55 Å². The van der Waals surface area contributed by atoms with Gasteiger partial charge < -0.3 is 0 Å². The van der Waals surface area contributed by atoms with E-state index in [1.165, 1.54) is 5.19 Å². The zero-order chi connectivity index (χ0) is 6.69. The molecule has 0 aliphatic rings. The van der Waals surface area contributed by atoms with E-state index < -0.39 is 0 Å². The normalized spacial score (nSPS) is 9.22. The summed E-state index contributed by atoms with van der Waals surface area (Å²) in [4.78, 5) is 0. The van der Waals surface area contributed by atoms with Crippen LogP contribution in [0.25, 0.3) is 0 Å². The summed E-state index contributed by atoms with van der Waals surface area (Å²) >= 11 is 2.31. The van der Waals surface area contributed by atoms with Gasteiger partial charge in [-0.05, 0) is 0 Å². The van der Waals surface area contributed by atoms with Gasteiger partial charge in [0.1, 0.15) is 0 Å². The third kappa shape index (κ3) is 2.09. The molecular weight excluding hydrogens is 160 g/mol. The molecule has 0 radical (unpaired) electrons. The van der Waals surface area contributed by atoms with E-state index in [1.807, 2.05) is 0 Å². The minimum absolute atomic E-state index is 0.212. The Morgan fingerprint density at radius 2 is 1.78 bits per heavy atom. The summed E-state index contributed by atoms with van der Waals surface area (Å²) in [6, 6.07) is 10.7. The first-order valence-electron chi connectivity index (χ1n) is 2.91. The molecule has 9 heavy (non-hydrogen) atoms. The third-order valence-corrected chi connectivity index (χ3v) is 3.76. The molecule has 1 aromatic carbocycles. The van der Waals surface area contributed by atoms with Crippen LogP contribution < -0.4 is 5.19 Å². The van der Waals surface area contributed by atoms with Crippen molar-refractivity contribution in [3.8, 4) is 0 Å². The second kappa shape index (κ2) is 3.35. The molecule has 1 aromatic rings. The van der Waals surface area contributed by atoms with E-state index in [-0.39, 0.29) is 6.19 Å². The van der Waals surface area contributed by atoms with Gasteiger partial charge in [-0.2, -0.15) is 0 Å². The van der Waals surface area contributed by atoms with Crippen molar-refractivity contribution in [2.24, 2.45) is 0 Å². The van der Waals surface area contributed by atoms with Gasteiger partial charge >= 0.3 is 67.4 Å². The van der Waals surface area contributed by atoms with Gasteiger partial charge in [-0.25, -0.2) is 0 Å². The molecular formula is C7H8SiTi+2. The van der Waals surface area contributed by atoms with Gasteiger partial charge in [-0.15, -0.1) is 0 Å². The van der Waals surface area contributed by atoms with E-state index >= 15 is 0 Å². The molecule has 0 aromatic heterocycles. The zero-order valence-corrected chi connectivity index (χ0v) is 7.95. The van der Waals surface area contributed by atoms with E-state index in [0.717, 1.165) is 0 Å². The number of hydrogen-bond donors (Lipinski definition) is 0. The van der Waals surface area contributed by atoms with Gasteiger partial charge in [0.15, 0.2) is 0 Å². The minimum atomic E-state index is -0.212. The van der Waals surface area contributed by atoms with Crippen LogP contribution in [0.5, 0.6) is 0 Å². The number of benzene rings is 1. The maximum absolute atomic E-state index is 2.31. The summed E-state index contributed by atoms with van der Waals surface area (Å²) in [5.74, 6) is 0. The van der Waals surface area contributed by atoms with Crippen LogP contribution in [-0.4, -0.2) is 6.19 Å². The van der Waals surface area contributed by atoms with Gasteiger partial charge in [-0.1, -0.05) is 0 Å². The summed E-state index contributed by atoms with van der Waals surface area (Å²) in [6.45, 7) is 2.31. The van der Waals surface area contributed by atoms with Crippen molar-refractivity contribution in [1.82, 2.24) is 0 Å². The topological polar surface area (TPSA) is 0 Å². The van der Waals surface area contributed by atoms with E-state index in [4.69, 9.17) is 0 Å². The summed E-state index contributed by atoms with van der Waals surface area (Å²) in [7, 11) is 0. The van der Waals surface area contributed by atoms with Crippen LogP contribution in [0.1, 0.15) is 0 Å². The Balaban J connectivity index is 2.98. The van der Waals surface area contributed by atoms with Crippen LogP contribution in [0.15, 0.2) is 30.3 Å². The first-order valence-corrected chi connectivity index (χ1v) is 7.25. The molecule has 1 rings (SSSR count). The first kappa shape index (κ1) is 7.26. The van der Waals surface area contributed by atoms with Gasteiger partial charge in [0.25, 0.3) is 0 Å². The van der Waals surface area contributed by atoms with E-state index in [2.05, 4.69) is 56.1 Å². The fourth-order valence-corrected chi connectivity index (χ4v) is 2.16. The average Bonchev–Trinajstić information content (AvgIpc) is 1.90. The molecule has 0 N–H and O–H groups in total. The molecule has 0 saturated carbocycles. The molecule has 0 heterocycles. The Morgan fingerprint density at radius 1 is 1.22 bits per heavy atom. The third-order valence-electron chi connectivity index (χ3n) is 1.21. The summed E-state index contributed by atoms with van der Waals surface area (Å²) < 4.78 is 0. The first-order chi connectivity index (χ1) is 4.30. The molecule has 0 aliphatic carbocycles. The summed E-state index contributed by atoms with van der Waals surface area (Å²) in [6.07, 6.45) is -0.212. The Kier molecular flexibility index (Phi) is 2.70. The quantitative estimate of drug-likeness (QED) is 0.550. The summed E-state index contributed by atoms with van der Waals surface area (Å²) in [5.41, 5.74) is 0. The predicted octanol–water partition coefficient (Wildman–Crippen LogP) is 1.06. The molecule has 0 bridgehead atoms. The van der Waals surface area contributed by atoms with Crippen molar-refractivity contribution in [2.75, 3.05) is 0 Å². The van der Waals surface area contributed by atoms with Crippen molar-refractivity contribution in [3.05, 3.63) is 30.3 Å². The fourth-order valence-electron chi connectivity index (χ4n) is 0.688. The standard InChI is InChI=1S/C7H8Si.Ti/c1-8-7-5-3-2-4-6-7;/h2-6H,1H3;/q;+2. The van der Waals surface area contributed by atoms with Crippen LogP contribution in [0.3, 0.4) is 0 Å². The van der Waals surface area contributed by atoms with Gasteiger partial charge in [0.05, 0.1) is 0 Å². The second-order valence-electron chi connectivity index (χ2n) is 1.99. The van der Waals surface area contributed by atoms with Gasteiger partial charge in [0.2, 0.25) is 0 Å². The zero-order valence-electron chi connectivity index (χ0n) is 5.39. The van der Waals surface area contributed by atoms with Crippen molar-refractivity contribution in [1.29, 1.82) is 0 Å². The van der Waals surface area contributed by atoms with Crippen LogP contribution >= 0.6 is 0 Å². The predicted molar refractivity (Wildman–Crippen MR) is 37.7 cm³/mol. The van der Waals surface area contributed by atoms with Crippen LogP contribution in [-0.2, 0) is 19.2 Å². The SMILES string of the molecule is C[Si](=[Ti+2])c1ccccc1. The fraction of sp³-hybridized carbons (Fsp3) is 0.143. The molecule has 0 saturated heterocycles. The molecule has 0 amide bonds. The van der Waals surface area contributed by atoms with E-state index in [9.17, 15) is 0 Å². The van der Waals surface area contributed by atoms with Crippen molar-refractivity contribution in [2.45, 2.75) is 6.55 Å². The van der Waals surface area contributed by atoms with E-state index in [1.54, 1.807) is 0 Å². The van der Waals surface area contributed by atoms with Crippen molar-refractivity contribution in [3.63, 3.8) is 0 Å². The van der Waals surface area contributed by atoms with Crippen molar-refractivity contribution < 1.29 is 19.2 Å². The molecule has 42 valence electrons. The maximum atomic E-state index is 2.31. The van der Waals surface area contributed by atoms with Crippen LogP contribution in [0.4, 0.5) is 0 Å².